The van der Waals surface area contributed by atoms with Crippen LogP contribution in [0.25, 0.3) is 22.2 Å². The number of alkyl halides is 3. The second-order valence-electron chi connectivity index (χ2n) is 6.64. The predicted molar refractivity (Wildman–Crippen MR) is 115 cm³/mol. The minimum Gasteiger partial charge on any atom is -0.332 e. The lowest BCUT2D eigenvalue weighted by atomic mass is 10.0. The molecular weight excluding hydrogens is 411 g/mol. The Bertz CT molecular complexity index is 1220. The summed E-state index contributed by atoms with van der Waals surface area (Å²) < 4.78 is 38.5. The fourth-order valence-electron chi connectivity index (χ4n) is 3.14. The van der Waals surface area contributed by atoms with Crippen LogP contribution in [0, 0.1) is 6.92 Å². The number of benzene rings is 2. The zero-order valence-electron chi connectivity index (χ0n) is 15.7. The Morgan fingerprint density at radius 1 is 1.00 bits per heavy atom. The van der Waals surface area contributed by atoms with Crippen LogP contribution in [0.2, 0.25) is 0 Å². The maximum Gasteiger partial charge on any atom is 0.416 e. The molecule has 0 aliphatic heterocycles. The standard InChI is InChI=1S/C21H16F3N5S/c1-12-18-17(9-10-25-19(18)29-28-12)13-5-7-15(8-6-13)26-20(30)27-16-4-2-3-14(11-16)21(22,23)24/h2-11H,1H3,(H,25,28,29)(H2,26,27,30). The monoisotopic (exact) mass is 427 g/mol. The van der Waals surface area contributed by atoms with Crippen molar-refractivity contribution >= 4 is 39.7 Å². The molecule has 2 aromatic heterocycles. The van der Waals surface area contributed by atoms with E-state index in [9.17, 15) is 13.2 Å². The van der Waals surface area contributed by atoms with Gasteiger partial charge in [-0.1, -0.05) is 18.2 Å². The van der Waals surface area contributed by atoms with E-state index < -0.39 is 11.7 Å². The quantitative estimate of drug-likeness (QED) is 0.363. The van der Waals surface area contributed by atoms with Gasteiger partial charge in [0.05, 0.1) is 5.56 Å². The minimum atomic E-state index is -4.41. The molecule has 0 aliphatic rings. The van der Waals surface area contributed by atoms with Crippen molar-refractivity contribution in [3.8, 4) is 11.1 Å². The lowest BCUT2D eigenvalue weighted by Gasteiger charge is -2.13. The molecule has 0 fully saturated rings. The van der Waals surface area contributed by atoms with Gasteiger partial charge in [-0.2, -0.15) is 18.3 Å². The lowest BCUT2D eigenvalue weighted by Crippen LogP contribution is -2.19. The van der Waals surface area contributed by atoms with Gasteiger partial charge in [0.15, 0.2) is 10.8 Å². The van der Waals surface area contributed by atoms with E-state index in [1.165, 1.54) is 12.1 Å². The number of aromatic amines is 1. The van der Waals surface area contributed by atoms with E-state index in [4.69, 9.17) is 12.2 Å². The number of aryl methyl sites for hydroxylation is 1. The van der Waals surface area contributed by atoms with Gasteiger partial charge in [0.1, 0.15) is 0 Å². The van der Waals surface area contributed by atoms with E-state index >= 15 is 0 Å². The highest BCUT2D eigenvalue weighted by Crippen LogP contribution is 2.31. The Hall–Kier alpha value is -3.46. The maximum absolute atomic E-state index is 12.8. The molecular formula is C21H16F3N5S. The van der Waals surface area contributed by atoms with Crippen molar-refractivity contribution in [2.45, 2.75) is 13.1 Å². The predicted octanol–water partition coefficient (Wildman–Crippen LogP) is 5.76. The molecule has 2 aromatic carbocycles. The summed E-state index contributed by atoms with van der Waals surface area (Å²) in [5.74, 6) is 0. The number of halogens is 3. The molecule has 0 atom stereocenters. The van der Waals surface area contributed by atoms with E-state index in [0.717, 1.165) is 34.3 Å². The number of anilines is 2. The summed E-state index contributed by atoms with van der Waals surface area (Å²) in [4.78, 5) is 4.26. The van der Waals surface area contributed by atoms with Crippen LogP contribution < -0.4 is 10.6 Å². The van der Waals surface area contributed by atoms with Gasteiger partial charge in [-0.25, -0.2) is 4.98 Å². The fourth-order valence-corrected chi connectivity index (χ4v) is 3.37. The van der Waals surface area contributed by atoms with Gasteiger partial charge in [0.25, 0.3) is 0 Å². The molecule has 0 bridgehead atoms. The van der Waals surface area contributed by atoms with E-state index in [1.54, 1.807) is 6.20 Å². The maximum atomic E-state index is 12.8. The summed E-state index contributed by atoms with van der Waals surface area (Å²) >= 11 is 5.23. The van der Waals surface area contributed by atoms with Crippen molar-refractivity contribution in [1.82, 2.24) is 15.2 Å². The molecule has 9 heteroatoms. The Kier molecular flexibility index (Phi) is 5.13. The largest absolute Gasteiger partial charge is 0.416 e. The molecule has 2 heterocycles. The SMILES string of the molecule is Cc1[nH]nc2nccc(-c3ccc(NC(=S)Nc4cccc(C(F)(F)F)c4)cc3)c12. The third-order valence-corrected chi connectivity index (χ3v) is 4.74. The van der Waals surface area contributed by atoms with Crippen LogP contribution in [0.1, 0.15) is 11.3 Å². The van der Waals surface area contributed by atoms with Crippen LogP contribution in [0.3, 0.4) is 0 Å². The number of nitrogens with zero attached hydrogens (tertiary/aromatic N) is 2. The molecule has 4 aromatic rings. The molecule has 5 nitrogen and oxygen atoms in total. The minimum absolute atomic E-state index is 0.194. The van der Waals surface area contributed by atoms with Gasteiger partial charge in [0.2, 0.25) is 0 Å². The Labute approximate surface area is 175 Å². The first-order valence-electron chi connectivity index (χ1n) is 8.96. The molecule has 0 unspecified atom stereocenters. The third-order valence-electron chi connectivity index (χ3n) is 4.54. The van der Waals surface area contributed by atoms with E-state index in [2.05, 4.69) is 25.8 Å². The normalized spacial score (nSPS) is 11.5. The van der Waals surface area contributed by atoms with Gasteiger partial charge in [-0.15, -0.1) is 0 Å². The summed E-state index contributed by atoms with van der Waals surface area (Å²) in [6.45, 7) is 1.94. The summed E-state index contributed by atoms with van der Waals surface area (Å²) in [6, 6.07) is 14.3. The highest BCUT2D eigenvalue weighted by molar-refractivity contribution is 7.80. The van der Waals surface area contributed by atoms with Gasteiger partial charge >= 0.3 is 6.18 Å². The molecule has 0 amide bonds. The zero-order valence-corrected chi connectivity index (χ0v) is 16.5. The number of hydrogen-bond donors (Lipinski definition) is 3. The highest BCUT2D eigenvalue weighted by atomic mass is 32.1. The lowest BCUT2D eigenvalue weighted by molar-refractivity contribution is -0.137. The summed E-state index contributed by atoms with van der Waals surface area (Å²) in [7, 11) is 0. The van der Waals surface area contributed by atoms with Gasteiger partial charge in [0, 0.05) is 28.7 Å². The van der Waals surface area contributed by atoms with E-state index in [1.807, 2.05) is 37.3 Å². The third kappa shape index (κ3) is 4.11. The van der Waals surface area contributed by atoms with Crippen LogP contribution in [0.15, 0.2) is 60.8 Å². The molecule has 152 valence electrons. The highest BCUT2D eigenvalue weighted by Gasteiger charge is 2.30. The summed E-state index contributed by atoms with van der Waals surface area (Å²) in [6.07, 6.45) is -2.70. The Morgan fingerprint density at radius 3 is 2.47 bits per heavy atom. The fraction of sp³-hybridized carbons (Fsp3) is 0.0952. The number of pyridine rings is 1. The second-order valence-corrected chi connectivity index (χ2v) is 7.05. The molecule has 30 heavy (non-hydrogen) atoms. The Balaban J connectivity index is 1.49. The van der Waals surface area contributed by atoms with Crippen molar-refractivity contribution in [2.24, 2.45) is 0 Å². The summed E-state index contributed by atoms with van der Waals surface area (Å²) in [5, 5.41) is 14.0. The van der Waals surface area contributed by atoms with Gasteiger partial charge in [-0.3, -0.25) is 5.10 Å². The number of rotatable bonds is 3. The number of aromatic nitrogens is 3. The second kappa shape index (κ2) is 7.75. The zero-order chi connectivity index (χ0) is 21.3. The molecule has 0 aliphatic carbocycles. The van der Waals surface area contributed by atoms with Crippen molar-refractivity contribution in [3.05, 3.63) is 72.1 Å². The number of H-pyrrole nitrogens is 1. The van der Waals surface area contributed by atoms with Crippen LogP contribution in [-0.2, 0) is 6.18 Å². The topological polar surface area (TPSA) is 65.6 Å². The molecule has 0 spiro atoms. The van der Waals surface area contributed by atoms with Crippen molar-refractivity contribution in [1.29, 1.82) is 0 Å². The van der Waals surface area contributed by atoms with Crippen molar-refractivity contribution < 1.29 is 13.2 Å². The average molecular weight is 427 g/mol. The van der Waals surface area contributed by atoms with Crippen LogP contribution in [0.5, 0.6) is 0 Å². The molecule has 0 saturated carbocycles. The molecule has 0 radical (unpaired) electrons. The molecule has 4 rings (SSSR count). The molecule has 3 N–H and O–H groups in total. The first kappa shape index (κ1) is 19.8. The van der Waals surface area contributed by atoms with E-state index in [0.29, 0.717) is 11.3 Å². The number of thiocarbonyl (C=S) groups is 1. The number of fused-ring (bicyclic) bond motifs is 1. The van der Waals surface area contributed by atoms with Crippen LogP contribution in [-0.4, -0.2) is 20.3 Å². The van der Waals surface area contributed by atoms with Crippen molar-refractivity contribution in [3.63, 3.8) is 0 Å². The first-order valence-corrected chi connectivity index (χ1v) is 9.37. The molecule has 0 saturated heterocycles. The average Bonchev–Trinajstić information content (AvgIpc) is 3.09. The smallest absolute Gasteiger partial charge is 0.332 e. The van der Waals surface area contributed by atoms with E-state index in [-0.39, 0.29) is 10.8 Å². The van der Waals surface area contributed by atoms with Crippen LogP contribution in [0.4, 0.5) is 24.5 Å². The van der Waals surface area contributed by atoms with Gasteiger partial charge in [-0.05, 0) is 66.7 Å². The van der Waals surface area contributed by atoms with Crippen LogP contribution >= 0.6 is 12.2 Å². The number of nitrogens with one attached hydrogen (secondary N) is 3. The van der Waals surface area contributed by atoms with Crippen molar-refractivity contribution in [2.75, 3.05) is 10.6 Å². The Morgan fingerprint density at radius 2 is 1.73 bits per heavy atom. The number of hydrogen-bond acceptors (Lipinski definition) is 3. The summed E-state index contributed by atoms with van der Waals surface area (Å²) in [5.41, 5.74) is 3.79. The van der Waals surface area contributed by atoms with Gasteiger partial charge < -0.3 is 10.6 Å². The first-order chi connectivity index (χ1) is 14.3.